The second kappa shape index (κ2) is 6.00. The first-order valence-electron chi connectivity index (χ1n) is 5.43. The minimum absolute atomic E-state index is 0.0945. The maximum Gasteiger partial charge on any atom is 0.242 e. The summed E-state index contributed by atoms with van der Waals surface area (Å²) in [6.07, 6.45) is 0. The highest BCUT2D eigenvalue weighted by molar-refractivity contribution is 7.89. The number of hydrogen-bond donors (Lipinski definition) is 2. The summed E-state index contributed by atoms with van der Waals surface area (Å²) in [4.78, 5) is 0.232. The van der Waals surface area contributed by atoms with E-state index in [4.69, 9.17) is 5.11 Å². The third-order valence-electron chi connectivity index (χ3n) is 2.36. The number of benzene rings is 1. The zero-order valence-electron chi connectivity index (χ0n) is 10.0. The molecule has 0 spiro atoms. The van der Waals surface area contributed by atoms with Crippen LogP contribution in [-0.2, 0) is 10.0 Å². The molecule has 0 radical (unpaired) electrons. The van der Waals surface area contributed by atoms with Gasteiger partial charge in [-0.1, -0.05) is 0 Å². The fourth-order valence-electron chi connectivity index (χ4n) is 1.39. The maximum atomic E-state index is 12.0. The lowest BCUT2D eigenvalue weighted by molar-refractivity contribution is 0.266. The molecule has 1 aromatic rings. The fraction of sp³-hybridized carbons (Fsp3) is 0.455. The molecule has 0 bridgehead atoms. The van der Waals surface area contributed by atoms with Crippen LogP contribution in [0.3, 0.4) is 0 Å². The molecule has 0 saturated heterocycles. The number of rotatable bonds is 6. The fourth-order valence-corrected chi connectivity index (χ4v) is 2.55. The summed E-state index contributed by atoms with van der Waals surface area (Å²) in [6, 6.07) is 6.56. The van der Waals surface area contributed by atoms with Gasteiger partial charge in [0.2, 0.25) is 10.0 Å². The van der Waals surface area contributed by atoms with Gasteiger partial charge in [0, 0.05) is 25.8 Å². The lowest BCUT2D eigenvalue weighted by atomic mass is 10.3. The Morgan fingerprint density at radius 2 is 1.88 bits per heavy atom. The monoisotopic (exact) mass is 258 g/mol. The van der Waals surface area contributed by atoms with Crippen molar-refractivity contribution >= 4 is 15.7 Å². The molecule has 0 amide bonds. The Bertz CT molecular complexity index is 442. The minimum Gasteiger partial charge on any atom is -0.395 e. The van der Waals surface area contributed by atoms with Gasteiger partial charge < -0.3 is 10.4 Å². The van der Waals surface area contributed by atoms with Crippen LogP contribution in [0.25, 0.3) is 0 Å². The Kier molecular flexibility index (Phi) is 4.92. The average molecular weight is 258 g/mol. The Morgan fingerprint density at radius 1 is 1.29 bits per heavy atom. The van der Waals surface area contributed by atoms with Crippen molar-refractivity contribution < 1.29 is 13.5 Å². The van der Waals surface area contributed by atoms with Gasteiger partial charge in [-0.05, 0) is 31.2 Å². The third-order valence-corrected chi connectivity index (χ3v) is 4.23. The number of sulfonamides is 1. The summed E-state index contributed by atoms with van der Waals surface area (Å²) in [5.74, 6) is 0. The lowest BCUT2D eigenvalue weighted by Gasteiger charge is -2.16. The molecule has 5 nitrogen and oxygen atoms in total. The van der Waals surface area contributed by atoms with E-state index in [9.17, 15) is 8.42 Å². The normalized spacial score (nSPS) is 11.8. The van der Waals surface area contributed by atoms with Crippen LogP contribution < -0.4 is 5.32 Å². The second-order valence-electron chi connectivity index (χ2n) is 3.60. The van der Waals surface area contributed by atoms with Gasteiger partial charge in [0.1, 0.15) is 0 Å². The molecule has 96 valence electrons. The van der Waals surface area contributed by atoms with Gasteiger partial charge in [0.05, 0.1) is 11.5 Å². The van der Waals surface area contributed by atoms with E-state index in [-0.39, 0.29) is 18.0 Å². The maximum absolute atomic E-state index is 12.0. The van der Waals surface area contributed by atoms with Crippen LogP contribution in [-0.4, -0.2) is 44.6 Å². The van der Waals surface area contributed by atoms with Crippen LogP contribution in [0.1, 0.15) is 6.92 Å². The summed E-state index contributed by atoms with van der Waals surface area (Å²) in [5.41, 5.74) is 0.885. The molecule has 0 aliphatic rings. The molecule has 6 heteroatoms. The van der Waals surface area contributed by atoms with Crippen LogP contribution in [0, 0.1) is 0 Å². The van der Waals surface area contributed by atoms with Crippen molar-refractivity contribution in [2.75, 3.05) is 32.1 Å². The largest absolute Gasteiger partial charge is 0.395 e. The zero-order valence-corrected chi connectivity index (χ0v) is 10.9. The van der Waals surface area contributed by atoms with E-state index >= 15 is 0 Å². The van der Waals surface area contributed by atoms with Crippen molar-refractivity contribution in [3.8, 4) is 0 Å². The number of aliphatic hydroxyl groups excluding tert-OH is 1. The molecule has 0 unspecified atom stereocenters. The molecular formula is C11H18N2O3S. The highest BCUT2D eigenvalue weighted by Gasteiger charge is 2.19. The van der Waals surface area contributed by atoms with E-state index in [1.165, 1.54) is 7.05 Å². The second-order valence-corrected chi connectivity index (χ2v) is 5.65. The molecule has 0 aliphatic carbocycles. The molecule has 0 saturated carbocycles. The first-order chi connectivity index (χ1) is 8.02. The van der Waals surface area contributed by atoms with Crippen molar-refractivity contribution in [1.82, 2.24) is 4.31 Å². The van der Waals surface area contributed by atoms with Gasteiger partial charge in [-0.25, -0.2) is 8.42 Å². The average Bonchev–Trinajstić information content (AvgIpc) is 2.30. The number of hydrogen-bond acceptors (Lipinski definition) is 4. The van der Waals surface area contributed by atoms with Gasteiger partial charge in [0.25, 0.3) is 0 Å². The van der Waals surface area contributed by atoms with Gasteiger partial charge in [-0.3, -0.25) is 0 Å². The smallest absolute Gasteiger partial charge is 0.242 e. The first-order valence-corrected chi connectivity index (χ1v) is 6.87. The zero-order chi connectivity index (χ0) is 12.9. The highest BCUT2D eigenvalue weighted by Crippen LogP contribution is 2.17. The first kappa shape index (κ1) is 14.0. The quantitative estimate of drug-likeness (QED) is 0.789. The third kappa shape index (κ3) is 3.42. The van der Waals surface area contributed by atoms with E-state index in [0.717, 1.165) is 16.5 Å². The minimum atomic E-state index is -3.49. The molecule has 0 aliphatic heterocycles. The molecule has 0 atom stereocenters. The Morgan fingerprint density at radius 3 is 2.35 bits per heavy atom. The van der Waals surface area contributed by atoms with Crippen LogP contribution in [0.15, 0.2) is 29.2 Å². The topological polar surface area (TPSA) is 69.6 Å². The predicted molar refractivity (Wildman–Crippen MR) is 67.5 cm³/mol. The molecule has 2 N–H and O–H groups in total. The Balaban J connectivity index is 2.92. The summed E-state index contributed by atoms with van der Waals surface area (Å²) < 4.78 is 25.1. The van der Waals surface area contributed by atoms with Crippen LogP contribution >= 0.6 is 0 Å². The number of anilines is 1. The Hall–Kier alpha value is -1.11. The van der Waals surface area contributed by atoms with Gasteiger partial charge in [-0.15, -0.1) is 0 Å². The summed E-state index contributed by atoms with van der Waals surface area (Å²) in [7, 11) is -2.04. The number of likely N-dealkylation sites (N-methyl/N-ethyl adjacent to an activating group) is 1. The number of aliphatic hydroxyl groups is 1. The highest BCUT2D eigenvalue weighted by atomic mass is 32.2. The van der Waals surface area contributed by atoms with Gasteiger partial charge in [-0.2, -0.15) is 4.31 Å². The van der Waals surface area contributed by atoms with Crippen LogP contribution in [0.4, 0.5) is 5.69 Å². The summed E-state index contributed by atoms with van der Waals surface area (Å²) in [5, 5.41) is 11.8. The SMILES string of the molecule is CCNc1ccc(S(=O)(=O)N(C)CCO)cc1. The van der Waals surface area contributed by atoms with E-state index in [1.807, 2.05) is 6.92 Å². The standard InChI is InChI=1S/C11H18N2O3S/c1-3-12-10-4-6-11(7-5-10)17(15,16)13(2)8-9-14/h4-7,12,14H,3,8-9H2,1-2H3. The van der Waals surface area contributed by atoms with Crippen molar-refractivity contribution in [2.24, 2.45) is 0 Å². The van der Waals surface area contributed by atoms with E-state index in [0.29, 0.717) is 0 Å². The molecule has 1 aromatic carbocycles. The van der Waals surface area contributed by atoms with E-state index in [2.05, 4.69) is 5.32 Å². The van der Waals surface area contributed by atoms with Crippen molar-refractivity contribution in [3.05, 3.63) is 24.3 Å². The number of nitrogens with zero attached hydrogens (tertiary/aromatic N) is 1. The molecule has 17 heavy (non-hydrogen) atoms. The Labute approximate surface area is 102 Å². The van der Waals surface area contributed by atoms with E-state index in [1.54, 1.807) is 24.3 Å². The summed E-state index contributed by atoms with van der Waals surface area (Å²) >= 11 is 0. The van der Waals surface area contributed by atoms with Crippen LogP contribution in [0.2, 0.25) is 0 Å². The molecular weight excluding hydrogens is 240 g/mol. The molecule has 0 fully saturated rings. The summed E-state index contributed by atoms with van der Waals surface area (Å²) in [6.45, 7) is 2.67. The van der Waals surface area contributed by atoms with Gasteiger partial charge in [0.15, 0.2) is 0 Å². The van der Waals surface area contributed by atoms with Crippen molar-refractivity contribution in [1.29, 1.82) is 0 Å². The van der Waals surface area contributed by atoms with Crippen LogP contribution in [0.5, 0.6) is 0 Å². The number of nitrogens with one attached hydrogen (secondary N) is 1. The van der Waals surface area contributed by atoms with Crippen molar-refractivity contribution in [2.45, 2.75) is 11.8 Å². The lowest BCUT2D eigenvalue weighted by Crippen LogP contribution is -2.29. The van der Waals surface area contributed by atoms with E-state index < -0.39 is 10.0 Å². The molecule has 1 rings (SSSR count). The van der Waals surface area contributed by atoms with Crippen molar-refractivity contribution in [3.63, 3.8) is 0 Å². The molecule has 0 heterocycles. The van der Waals surface area contributed by atoms with Gasteiger partial charge >= 0.3 is 0 Å². The molecule has 0 aromatic heterocycles. The predicted octanol–water partition coefficient (Wildman–Crippen LogP) is 0.731.